The second-order valence-electron chi connectivity index (χ2n) is 6.94. The Morgan fingerprint density at radius 3 is 2.57 bits per heavy atom. The van der Waals surface area contributed by atoms with Gasteiger partial charge in [-0.2, -0.15) is 0 Å². The lowest BCUT2D eigenvalue weighted by molar-refractivity contribution is -0.148. The Hall–Kier alpha value is -3.30. The number of benzene rings is 1. The maximum Gasteiger partial charge on any atom is 0.410 e. The van der Waals surface area contributed by atoms with E-state index < -0.39 is 24.1 Å². The highest BCUT2D eigenvalue weighted by Gasteiger charge is 2.44. The van der Waals surface area contributed by atoms with Gasteiger partial charge >= 0.3 is 24.1 Å². The van der Waals surface area contributed by atoms with Crippen molar-refractivity contribution >= 4 is 29.8 Å². The van der Waals surface area contributed by atoms with Gasteiger partial charge in [0, 0.05) is 19.1 Å². The number of cyclic esters (lactones) is 1. The molecule has 0 aliphatic carbocycles. The van der Waals surface area contributed by atoms with Gasteiger partial charge in [-0.15, -0.1) is 0 Å². The average Bonchev–Trinajstić information content (AvgIpc) is 3.15. The van der Waals surface area contributed by atoms with Crippen molar-refractivity contribution in [3.63, 3.8) is 0 Å². The molecule has 3 amide bonds. The first kappa shape index (κ1) is 21.4. The monoisotopic (exact) mass is 419 g/mol. The van der Waals surface area contributed by atoms with Gasteiger partial charge in [-0.3, -0.25) is 4.90 Å². The van der Waals surface area contributed by atoms with Crippen molar-refractivity contribution in [2.75, 3.05) is 38.7 Å². The highest BCUT2D eigenvalue weighted by Crippen LogP contribution is 2.25. The highest BCUT2D eigenvalue weighted by atomic mass is 16.6. The molecule has 1 aromatic carbocycles. The minimum Gasteiger partial charge on any atom is -0.465 e. The van der Waals surface area contributed by atoms with Crippen molar-refractivity contribution in [2.24, 2.45) is 0 Å². The van der Waals surface area contributed by atoms with E-state index in [2.05, 4.69) is 5.32 Å². The summed E-state index contributed by atoms with van der Waals surface area (Å²) < 4.78 is 14.8. The van der Waals surface area contributed by atoms with Crippen LogP contribution in [0.4, 0.5) is 15.3 Å². The van der Waals surface area contributed by atoms with Gasteiger partial charge in [0.05, 0.1) is 25.0 Å². The number of methoxy groups -OCH3 is 1. The Morgan fingerprint density at radius 2 is 1.90 bits per heavy atom. The van der Waals surface area contributed by atoms with Crippen LogP contribution in [0.2, 0.25) is 0 Å². The van der Waals surface area contributed by atoms with Crippen LogP contribution >= 0.6 is 0 Å². The highest BCUT2D eigenvalue weighted by molar-refractivity contribution is 6.00. The van der Waals surface area contributed by atoms with Crippen LogP contribution in [0.3, 0.4) is 0 Å². The SMILES string of the molecule is CCOC(=O)[C@@H]1COC(=O)N1C1CCN(C(=O)Nc2ccccc2C(=O)OC)CC1. The molecule has 30 heavy (non-hydrogen) atoms. The maximum atomic E-state index is 12.7. The Balaban J connectivity index is 1.60. The lowest BCUT2D eigenvalue weighted by atomic mass is 10.0. The van der Waals surface area contributed by atoms with Crippen LogP contribution in [-0.4, -0.2) is 79.4 Å². The van der Waals surface area contributed by atoms with Gasteiger partial charge in [0.25, 0.3) is 0 Å². The molecule has 0 spiro atoms. The first-order valence-corrected chi connectivity index (χ1v) is 9.81. The third-order valence-electron chi connectivity index (χ3n) is 5.19. The van der Waals surface area contributed by atoms with Crippen LogP contribution < -0.4 is 5.32 Å². The summed E-state index contributed by atoms with van der Waals surface area (Å²) in [5.74, 6) is -1.02. The van der Waals surface area contributed by atoms with Crippen molar-refractivity contribution < 1.29 is 33.4 Å². The molecule has 1 N–H and O–H groups in total. The van der Waals surface area contributed by atoms with Crippen molar-refractivity contribution in [2.45, 2.75) is 31.8 Å². The average molecular weight is 419 g/mol. The third kappa shape index (κ3) is 4.47. The number of hydrogen-bond donors (Lipinski definition) is 1. The number of ether oxygens (including phenoxy) is 3. The second-order valence-corrected chi connectivity index (χ2v) is 6.94. The summed E-state index contributed by atoms with van der Waals surface area (Å²) in [4.78, 5) is 51.8. The number of piperidine rings is 1. The predicted molar refractivity (Wildman–Crippen MR) is 105 cm³/mol. The second kappa shape index (κ2) is 9.47. The topological polar surface area (TPSA) is 114 Å². The van der Waals surface area contributed by atoms with Gasteiger partial charge in [0.2, 0.25) is 0 Å². The molecule has 2 saturated heterocycles. The van der Waals surface area contributed by atoms with Crippen molar-refractivity contribution in [3.8, 4) is 0 Å². The molecule has 10 nitrogen and oxygen atoms in total. The minimum atomic E-state index is -0.755. The summed E-state index contributed by atoms with van der Waals surface area (Å²) in [7, 11) is 1.28. The molecule has 2 aliphatic rings. The fraction of sp³-hybridized carbons (Fsp3) is 0.500. The molecule has 3 rings (SSSR count). The van der Waals surface area contributed by atoms with E-state index in [0.29, 0.717) is 31.6 Å². The number of carbonyl (C=O) groups excluding carboxylic acids is 4. The molecule has 2 heterocycles. The molecule has 0 bridgehead atoms. The zero-order valence-electron chi connectivity index (χ0n) is 17.0. The van der Waals surface area contributed by atoms with E-state index in [4.69, 9.17) is 14.2 Å². The number of nitrogens with zero attached hydrogens (tertiary/aromatic N) is 2. The molecular weight excluding hydrogens is 394 g/mol. The van der Waals surface area contributed by atoms with Gasteiger partial charge in [-0.05, 0) is 31.9 Å². The summed E-state index contributed by atoms with van der Waals surface area (Å²) in [5.41, 5.74) is 0.627. The number of urea groups is 1. The van der Waals surface area contributed by atoms with Gasteiger partial charge in [0.1, 0.15) is 6.61 Å². The van der Waals surface area contributed by atoms with Crippen LogP contribution in [0, 0.1) is 0 Å². The summed E-state index contributed by atoms with van der Waals surface area (Å²) in [6.07, 6.45) is 0.455. The molecule has 1 aromatic rings. The number of nitrogens with one attached hydrogen (secondary N) is 1. The van der Waals surface area contributed by atoms with Gasteiger partial charge in [0.15, 0.2) is 6.04 Å². The minimum absolute atomic E-state index is 0.0251. The number of esters is 2. The van der Waals surface area contributed by atoms with Crippen LogP contribution in [0.25, 0.3) is 0 Å². The largest absolute Gasteiger partial charge is 0.465 e. The zero-order valence-corrected chi connectivity index (χ0v) is 17.0. The Morgan fingerprint density at radius 1 is 1.20 bits per heavy atom. The molecule has 0 aromatic heterocycles. The first-order chi connectivity index (χ1) is 14.5. The van der Waals surface area contributed by atoms with Crippen LogP contribution in [0.1, 0.15) is 30.1 Å². The molecule has 10 heteroatoms. The quantitative estimate of drug-likeness (QED) is 0.572. The van der Waals surface area contributed by atoms with Crippen molar-refractivity contribution in [3.05, 3.63) is 29.8 Å². The first-order valence-electron chi connectivity index (χ1n) is 9.81. The molecule has 162 valence electrons. The molecule has 0 radical (unpaired) electrons. The summed E-state index contributed by atoms with van der Waals surface area (Å²) in [5, 5.41) is 2.74. The Bertz CT molecular complexity index is 820. The maximum absolute atomic E-state index is 12.7. The van der Waals surface area contributed by atoms with E-state index in [1.807, 2.05) is 0 Å². The number of carbonyl (C=O) groups is 4. The number of likely N-dealkylation sites (tertiary alicyclic amines) is 1. The molecule has 0 saturated carbocycles. The fourth-order valence-electron chi connectivity index (χ4n) is 3.68. The molecule has 1 atom stereocenters. The van der Waals surface area contributed by atoms with Gasteiger partial charge in [-0.1, -0.05) is 12.1 Å². The number of para-hydroxylation sites is 1. The van der Waals surface area contributed by atoms with E-state index >= 15 is 0 Å². The van der Waals surface area contributed by atoms with Crippen molar-refractivity contribution in [1.82, 2.24) is 9.80 Å². The smallest absolute Gasteiger partial charge is 0.410 e. The lowest BCUT2D eigenvalue weighted by Crippen LogP contribution is -2.52. The standard InChI is InChI=1S/C20H25N3O7/c1-3-29-18(25)16-12-30-20(27)23(16)13-8-10-22(11-9-13)19(26)21-15-7-5-4-6-14(15)17(24)28-2/h4-7,13,16H,3,8-12H2,1-2H3,(H,21,26)/t16-/m0/s1. The normalized spacial score (nSPS) is 19.3. The van der Waals surface area contributed by atoms with Gasteiger partial charge < -0.3 is 24.4 Å². The number of anilines is 1. The summed E-state index contributed by atoms with van der Waals surface area (Å²) in [6, 6.07) is 5.26. The van der Waals surface area contributed by atoms with E-state index in [9.17, 15) is 19.2 Å². The zero-order chi connectivity index (χ0) is 21.7. The molecule has 0 unspecified atom stereocenters. The summed E-state index contributed by atoms with van der Waals surface area (Å²) >= 11 is 0. The summed E-state index contributed by atoms with van der Waals surface area (Å²) in [6.45, 7) is 2.67. The van der Waals surface area contributed by atoms with Crippen LogP contribution in [-0.2, 0) is 19.0 Å². The number of rotatable bonds is 5. The van der Waals surface area contributed by atoms with E-state index in [1.165, 1.54) is 12.0 Å². The van der Waals surface area contributed by atoms with E-state index in [-0.39, 0.29) is 30.9 Å². The Kier molecular flexibility index (Phi) is 6.76. The lowest BCUT2D eigenvalue weighted by Gasteiger charge is -2.37. The molecule has 2 aliphatic heterocycles. The van der Waals surface area contributed by atoms with Gasteiger partial charge in [-0.25, -0.2) is 19.2 Å². The van der Waals surface area contributed by atoms with E-state index in [1.54, 1.807) is 36.1 Å². The fourth-order valence-corrected chi connectivity index (χ4v) is 3.68. The number of hydrogen-bond acceptors (Lipinski definition) is 7. The van der Waals surface area contributed by atoms with Crippen LogP contribution in [0.5, 0.6) is 0 Å². The number of amides is 3. The Labute approximate surface area is 174 Å². The molecular formula is C20H25N3O7. The van der Waals surface area contributed by atoms with E-state index in [0.717, 1.165) is 0 Å². The molecule has 2 fully saturated rings. The van der Waals surface area contributed by atoms with Crippen LogP contribution in [0.15, 0.2) is 24.3 Å². The predicted octanol–water partition coefficient (Wildman–Crippen LogP) is 1.85. The third-order valence-corrected chi connectivity index (χ3v) is 5.19. The van der Waals surface area contributed by atoms with Crippen molar-refractivity contribution in [1.29, 1.82) is 0 Å².